The monoisotopic (exact) mass is 386 g/mol. The Kier molecular flexibility index (Phi) is 5.97. The van der Waals surface area contributed by atoms with Crippen LogP contribution < -0.4 is 10.1 Å². The Labute approximate surface area is 152 Å². The third-order valence-electron chi connectivity index (χ3n) is 3.68. The number of hydrogen-bond donors (Lipinski definition) is 1. The largest absolute Gasteiger partial charge is 0.484 e. The third kappa shape index (κ3) is 5.44. The number of amides is 1. The Morgan fingerprint density at radius 2 is 2.19 bits per heavy atom. The smallest absolute Gasteiger partial charge is 0.416 e. The van der Waals surface area contributed by atoms with E-state index in [1.54, 1.807) is 0 Å². The minimum atomic E-state index is -4.46. The summed E-state index contributed by atoms with van der Waals surface area (Å²) in [6.07, 6.45) is -3.53. The van der Waals surface area contributed by atoms with Gasteiger partial charge in [0.15, 0.2) is 12.3 Å². The van der Waals surface area contributed by atoms with Crippen molar-refractivity contribution in [2.75, 3.05) is 26.4 Å². The number of aromatic nitrogens is 1. The molecule has 1 aromatic carbocycles. The Balaban J connectivity index is 1.51. The van der Waals surface area contributed by atoms with Crippen LogP contribution in [0.2, 0.25) is 0 Å². The quantitative estimate of drug-likeness (QED) is 0.821. The predicted octanol–water partition coefficient (Wildman–Crippen LogP) is 2.42. The molecule has 1 fully saturated rings. The van der Waals surface area contributed by atoms with Gasteiger partial charge in [0.25, 0.3) is 5.91 Å². The molecule has 2 heterocycles. The average molecular weight is 386 g/mol. The van der Waals surface area contributed by atoms with E-state index in [1.165, 1.54) is 12.1 Å². The van der Waals surface area contributed by atoms with Gasteiger partial charge in [0.1, 0.15) is 12.0 Å². The summed E-state index contributed by atoms with van der Waals surface area (Å²) in [5.74, 6) is -0.378. The molecule has 1 atom stereocenters. The number of ether oxygens (including phenoxy) is 3. The van der Waals surface area contributed by atoms with Crippen LogP contribution in [0.25, 0.3) is 0 Å². The number of nitrogens with zero attached hydrogens (tertiary/aromatic N) is 1. The van der Waals surface area contributed by atoms with Gasteiger partial charge < -0.3 is 23.9 Å². The van der Waals surface area contributed by atoms with Crippen LogP contribution in [0.1, 0.15) is 21.9 Å². The van der Waals surface area contributed by atoms with E-state index >= 15 is 0 Å². The SMILES string of the molecule is O=C(NCC1COCCO1)c1coc(COc2cccc(C(F)(F)F)c2)n1. The zero-order valence-electron chi connectivity index (χ0n) is 14.1. The first kappa shape index (κ1) is 19.2. The first-order chi connectivity index (χ1) is 12.9. The molecule has 1 N–H and O–H groups in total. The zero-order chi connectivity index (χ0) is 19.3. The van der Waals surface area contributed by atoms with Crippen molar-refractivity contribution in [3.8, 4) is 5.75 Å². The van der Waals surface area contributed by atoms with Crippen molar-refractivity contribution in [1.82, 2.24) is 10.3 Å². The highest BCUT2D eigenvalue weighted by atomic mass is 19.4. The fourth-order valence-electron chi connectivity index (χ4n) is 2.34. The van der Waals surface area contributed by atoms with Crippen molar-refractivity contribution in [2.45, 2.75) is 18.9 Å². The molecule has 3 rings (SSSR count). The minimum absolute atomic E-state index is 0.0171. The van der Waals surface area contributed by atoms with Gasteiger partial charge in [-0.05, 0) is 18.2 Å². The Morgan fingerprint density at radius 1 is 1.33 bits per heavy atom. The van der Waals surface area contributed by atoms with Crippen LogP contribution in [0.4, 0.5) is 13.2 Å². The normalized spacial score (nSPS) is 17.5. The maximum absolute atomic E-state index is 12.7. The van der Waals surface area contributed by atoms with E-state index in [1.807, 2.05) is 0 Å². The molecule has 1 aromatic heterocycles. The molecule has 1 aliphatic rings. The van der Waals surface area contributed by atoms with Crippen LogP contribution in [0.15, 0.2) is 34.9 Å². The summed E-state index contributed by atoms with van der Waals surface area (Å²) in [6, 6.07) is 4.45. The van der Waals surface area contributed by atoms with Crippen molar-refractivity contribution < 1.29 is 36.6 Å². The Bertz CT molecular complexity index is 772. The average Bonchev–Trinajstić information content (AvgIpc) is 3.14. The summed E-state index contributed by atoms with van der Waals surface area (Å²) in [5, 5.41) is 2.65. The Hall–Kier alpha value is -2.59. The number of benzene rings is 1. The van der Waals surface area contributed by atoms with Crippen LogP contribution in [0, 0.1) is 0 Å². The van der Waals surface area contributed by atoms with Gasteiger partial charge in [-0.25, -0.2) is 4.98 Å². The molecule has 1 aliphatic heterocycles. The van der Waals surface area contributed by atoms with Crippen molar-refractivity contribution in [2.24, 2.45) is 0 Å². The number of carbonyl (C=O) groups is 1. The van der Waals surface area contributed by atoms with Crippen LogP contribution >= 0.6 is 0 Å². The lowest BCUT2D eigenvalue weighted by atomic mass is 10.2. The molecule has 0 aliphatic carbocycles. The van der Waals surface area contributed by atoms with E-state index in [-0.39, 0.29) is 36.6 Å². The van der Waals surface area contributed by atoms with E-state index in [9.17, 15) is 18.0 Å². The molecule has 1 amide bonds. The van der Waals surface area contributed by atoms with Crippen LogP contribution in [0.3, 0.4) is 0 Å². The summed E-state index contributed by atoms with van der Waals surface area (Å²) in [7, 11) is 0. The van der Waals surface area contributed by atoms with E-state index in [0.29, 0.717) is 19.8 Å². The van der Waals surface area contributed by atoms with E-state index < -0.39 is 17.6 Å². The molecule has 2 aromatic rings. The van der Waals surface area contributed by atoms with Gasteiger partial charge in [-0.1, -0.05) is 6.07 Å². The standard InChI is InChI=1S/C17H17F3N2O5/c18-17(19,20)11-2-1-3-12(6-11)26-10-15-22-14(9-27-15)16(23)21-7-13-8-24-4-5-25-13/h1-3,6,9,13H,4-5,7-8,10H2,(H,21,23). The highest BCUT2D eigenvalue weighted by Gasteiger charge is 2.30. The van der Waals surface area contributed by atoms with E-state index in [2.05, 4.69) is 10.3 Å². The summed E-state index contributed by atoms with van der Waals surface area (Å²) >= 11 is 0. The molecule has 10 heteroatoms. The maximum atomic E-state index is 12.7. The first-order valence-electron chi connectivity index (χ1n) is 8.14. The summed E-state index contributed by atoms with van der Waals surface area (Å²) in [5.41, 5.74) is -0.782. The van der Waals surface area contributed by atoms with Crippen LogP contribution in [-0.4, -0.2) is 43.4 Å². The number of oxazole rings is 1. The zero-order valence-corrected chi connectivity index (χ0v) is 14.1. The molecule has 0 saturated carbocycles. The molecule has 146 valence electrons. The highest BCUT2D eigenvalue weighted by molar-refractivity contribution is 5.91. The van der Waals surface area contributed by atoms with Crippen LogP contribution in [-0.2, 0) is 22.3 Å². The molecule has 1 saturated heterocycles. The lowest BCUT2D eigenvalue weighted by Gasteiger charge is -2.22. The molecule has 0 radical (unpaired) electrons. The van der Waals surface area contributed by atoms with Crippen molar-refractivity contribution in [1.29, 1.82) is 0 Å². The van der Waals surface area contributed by atoms with E-state index in [4.69, 9.17) is 18.6 Å². The molecule has 27 heavy (non-hydrogen) atoms. The second kappa shape index (κ2) is 8.40. The van der Waals surface area contributed by atoms with Crippen LogP contribution in [0.5, 0.6) is 5.75 Å². The third-order valence-corrected chi connectivity index (χ3v) is 3.68. The van der Waals surface area contributed by atoms with Crippen molar-refractivity contribution >= 4 is 5.91 Å². The van der Waals surface area contributed by atoms with Gasteiger partial charge in [-0.3, -0.25) is 4.79 Å². The second-order valence-electron chi connectivity index (χ2n) is 5.72. The second-order valence-corrected chi connectivity index (χ2v) is 5.72. The number of halogens is 3. The fourth-order valence-corrected chi connectivity index (χ4v) is 2.34. The molecule has 0 bridgehead atoms. The summed E-state index contributed by atoms with van der Waals surface area (Å²) < 4.78 is 59.1. The molecule has 7 nitrogen and oxygen atoms in total. The molecule has 1 unspecified atom stereocenters. The summed E-state index contributed by atoms with van der Waals surface area (Å²) in [4.78, 5) is 16.0. The number of rotatable bonds is 6. The highest BCUT2D eigenvalue weighted by Crippen LogP contribution is 2.31. The number of hydrogen-bond acceptors (Lipinski definition) is 6. The van der Waals surface area contributed by atoms with Gasteiger partial charge in [0.05, 0.1) is 31.5 Å². The number of alkyl halides is 3. The molecule has 0 spiro atoms. The number of nitrogens with one attached hydrogen (secondary N) is 1. The van der Waals surface area contributed by atoms with Gasteiger partial charge in [0, 0.05) is 6.54 Å². The van der Waals surface area contributed by atoms with E-state index in [0.717, 1.165) is 18.4 Å². The predicted molar refractivity (Wildman–Crippen MR) is 85.2 cm³/mol. The maximum Gasteiger partial charge on any atom is 0.416 e. The summed E-state index contributed by atoms with van der Waals surface area (Å²) in [6.45, 7) is 1.45. The van der Waals surface area contributed by atoms with Gasteiger partial charge >= 0.3 is 6.18 Å². The van der Waals surface area contributed by atoms with Crippen molar-refractivity contribution in [3.05, 3.63) is 47.7 Å². The topological polar surface area (TPSA) is 82.8 Å². The Morgan fingerprint density at radius 3 is 2.93 bits per heavy atom. The molecular formula is C17H17F3N2O5. The fraction of sp³-hybridized carbons (Fsp3) is 0.412. The van der Waals surface area contributed by atoms with Gasteiger partial charge in [-0.15, -0.1) is 0 Å². The lowest BCUT2D eigenvalue weighted by molar-refractivity contribution is -0.137. The van der Waals surface area contributed by atoms with Crippen molar-refractivity contribution in [3.63, 3.8) is 0 Å². The number of carbonyl (C=O) groups excluding carboxylic acids is 1. The molecular weight excluding hydrogens is 369 g/mol. The lowest BCUT2D eigenvalue weighted by Crippen LogP contribution is -2.39. The van der Waals surface area contributed by atoms with Gasteiger partial charge in [0.2, 0.25) is 5.89 Å². The first-order valence-corrected chi connectivity index (χ1v) is 8.14. The van der Waals surface area contributed by atoms with Gasteiger partial charge in [-0.2, -0.15) is 13.2 Å². The minimum Gasteiger partial charge on any atom is -0.484 e.